The van der Waals surface area contributed by atoms with Gasteiger partial charge in [-0.1, -0.05) is 31.9 Å². The smallest absolute Gasteiger partial charge is 0.0281 e. The van der Waals surface area contributed by atoms with Gasteiger partial charge in [0, 0.05) is 9.75 Å². The molecule has 0 aromatic carbocycles. The van der Waals surface area contributed by atoms with Crippen LogP contribution in [0.5, 0.6) is 0 Å². The lowest BCUT2D eigenvalue weighted by atomic mass is 10.4. The molecule has 1 rings (SSSR count). The second-order valence-electron chi connectivity index (χ2n) is 1.83. The van der Waals surface area contributed by atoms with Gasteiger partial charge < -0.3 is 0 Å². The molecule has 1 aromatic rings. The predicted molar refractivity (Wildman–Crippen MR) is 60.2 cm³/mol. The number of halogens is 2. The Morgan fingerprint density at radius 3 is 1.82 bits per heavy atom. The summed E-state index contributed by atoms with van der Waals surface area (Å²) in [6, 6.07) is 4.18. The van der Waals surface area contributed by atoms with E-state index in [2.05, 4.69) is 44.0 Å². The second-order valence-corrected chi connectivity index (χ2v) is 4.03. The molecule has 1 aromatic heterocycles. The Labute approximate surface area is 86.9 Å². The topological polar surface area (TPSA) is 0 Å². The van der Waals surface area contributed by atoms with Crippen molar-refractivity contribution in [3.8, 4) is 0 Å². The van der Waals surface area contributed by atoms with Gasteiger partial charge in [-0.25, -0.2) is 0 Å². The highest BCUT2D eigenvalue weighted by molar-refractivity contribution is 9.11. The molecule has 0 fully saturated rings. The van der Waals surface area contributed by atoms with E-state index in [4.69, 9.17) is 0 Å². The second kappa shape index (κ2) is 4.91. The Morgan fingerprint density at radius 1 is 1.00 bits per heavy atom. The molecule has 0 N–H and O–H groups in total. The average Bonchev–Trinajstić information content (AvgIpc) is 2.38. The molecule has 0 saturated carbocycles. The number of hydrogen-bond acceptors (Lipinski definition) is 1. The normalized spacial score (nSPS) is 11.8. The van der Waals surface area contributed by atoms with Crippen molar-refractivity contribution in [2.45, 2.75) is 0 Å². The van der Waals surface area contributed by atoms with E-state index in [9.17, 15) is 0 Å². The number of hydrogen-bond donors (Lipinski definition) is 0. The summed E-state index contributed by atoms with van der Waals surface area (Å²) in [5, 5.41) is 0. The molecule has 0 amide bonds. The van der Waals surface area contributed by atoms with Crippen LogP contribution in [0.15, 0.2) is 22.1 Å². The molecule has 0 aliphatic carbocycles. The highest BCUT2D eigenvalue weighted by atomic mass is 79.9. The zero-order chi connectivity index (χ0) is 8.10. The molecule has 58 valence electrons. The molecular weight excluding hydrogens is 288 g/mol. The van der Waals surface area contributed by atoms with E-state index < -0.39 is 0 Å². The van der Waals surface area contributed by atoms with Gasteiger partial charge >= 0.3 is 0 Å². The molecule has 3 heteroatoms. The van der Waals surface area contributed by atoms with Crippen molar-refractivity contribution in [2.75, 3.05) is 0 Å². The van der Waals surface area contributed by atoms with Gasteiger partial charge in [0.25, 0.3) is 0 Å². The van der Waals surface area contributed by atoms with Crippen molar-refractivity contribution in [1.29, 1.82) is 0 Å². The molecule has 0 spiro atoms. The van der Waals surface area contributed by atoms with Crippen LogP contribution in [0, 0.1) is 0 Å². The summed E-state index contributed by atoms with van der Waals surface area (Å²) < 4.78 is 0. The molecule has 0 atom stereocenters. The summed E-state index contributed by atoms with van der Waals surface area (Å²) in [4.78, 5) is 6.23. The first-order valence-corrected chi connectivity index (χ1v) is 5.65. The SMILES string of the molecule is BrC=Cc1ccc(C=CBr)s1. The average molecular weight is 294 g/mol. The molecule has 0 bridgehead atoms. The van der Waals surface area contributed by atoms with Crippen molar-refractivity contribution in [3.05, 3.63) is 31.9 Å². The van der Waals surface area contributed by atoms with Gasteiger partial charge in [0.15, 0.2) is 0 Å². The molecule has 0 radical (unpaired) electrons. The zero-order valence-electron chi connectivity index (χ0n) is 5.63. The van der Waals surface area contributed by atoms with Crippen LogP contribution in [0.2, 0.25) is 0 Å². The van der Waals surface area contributed by atoms with Crippen LogP contribution >= 0.6 is 43.2 Å². The van der Waals surface area contributed by atoms with Crippen molar-refractivity contribution in [3.63, 3.8) is 0 Å². The molecule has 0 aliphatic heterocycles. The molecule has 0 unspecified atom stereocenters. The van der Waals surface area contributed by atoms with Crippen LogP contribution < -0.4 is 0 Å². The van der Waals surface area contributed by atoms with E-state index in [0.29, 0.717) is 0 Å². The van der Waals surface area contributed by atoms with Gasteiger partial charge in [0.2, 0.25) is 0 Å². The summed E-state index contributed by atoms with van der Waals surface area (Å²) >= 11 is 8.21. The molecule has 0 nitrogen and oxygen atoms in total. The van der Waals surface area contributed by atoms with E-state index in [1.807, 2.05) is 22.1 Å². The molecule has 1 heterocycles. The summed E-state index contributed by atoms with van der Waals surface area (Å²) in [6.07, 6.45) is 4.05. The van der Waals surface area contributed by atoms with Crippen molar-refractivity contribution < 1.29 is 0 Å². The molecular formula is C8H6Br2S. The monoisotopic (exact) mass is 292 g/mol. The standard InChI is InChI=1S/C8H6Br2S/c9-5-3-7-1-2-8(11-7)4-6-10/h1-6H. The van der Waals surface area contributed by atoms with Crippen LogP contribution in [0.1, 0.15) is 9.75 Å². The Kier molecular flexibility index (Phi) is 4.12. The lowest BCUT2D eigenvalue weighted by molar-refractivity contribution is 1.92. The van der Waals surface area contributed by atoms with Crippen LogP contribution in [-0.4, -0.2) is 0 Å². The van der Waals surface area contributed by atoms with Crippen molar-refractivity contribution in [2.24, 2.45) is 0 Å². The van der Waals surface area contributed by atoms with E-state index in [0.717, 1.165) is 0 Å². The van der Waals surface area contributed by atoms with Crippen LogP contribution in [0.4, 0.5) is 0 Å². The van der Waals surface area contributed by atoms with Gasteiger partial charge in [-0.3, -0.25) is 0 Å². The third-order valence-electron chi connectivity index (χ3n) is 1.10. The predicted octanol–water partition coefficient (Wildman–Crippen LogP) is 4.48. The van der Waals surface area contributed by atoms with Gasteiger partial charge in [-0.15, -0.1) is 11.3 Å². The van der Waals surface area contributed by atoms with Gasteiger partial charge in [-0.2, -0.15) is 0 Å². The highest BCUT2D eigenvalue weighted by Gasteiger charge is 1.91. The maximum Gasteiger partial charge on any atom is 0.0281 e. The van der Waals surface area contributed by atoms with E-state index in [1.165, 1.54) is 9.75 Å². The summed E-state index contributed by atoms with van der Waals surface area (Å²) in [6.45, 7) is 0. The van der Waals surface area contributed by atoms with Crippen LogP contribution in [0.25, 0.3) is 12.2 Å². The minimum atomic E-state index is 1.25. The fourth-order valence-corrected chi connectivity index (χ4v) is 2.41. The molecule has 0 saturated heterocycles. The third kappa shape index (κ3) is 2.93. The number of thiophene rings is 1. The quantitative estimate of drug-likeness (QED) is 0.754. The van der Waals surface area contributed by atoms with Gasteiger partial charge in [-0.05, 0) is 34.3 Å². The fourth-order valence-electron chi connectivity index (χ4n) is 0.672. The number of rotatable bonds is 2. The van der Waals surface area contributed by atoms with Gasteiger partial charge in [0.05, 0.1) is 0 Å². The maximum absolute atomic E-state index is 3.23. The van der Waals surface area contributed by atoms with E-state index >= 15 is 0 Å². The largest absolute Gasteiger partial charge is 0.136 e. The lowest BCUT2D eigenvalue weighted by Crippen LogP contribution is -1.50. The third-order valence-corrected chi connectivity index (χ3v) is 2.65. The van der Waals surface area contributed by atoms with Crippen molar-refractivity contribution >= 4 is 55.3 Å². The first-order chi connectivity index (χ1) is 5.36. The molecule has 11 heavy (non-hydrogen) atoms. The summed E-state index contributed by atoms with van der Waals surface area (Å²) in [7, 11) is 0. The Balaban J connectivity index is 2.81. The van der Waals surface area contributed by atoms with Gasteiger partial charge in [0.1, 0.15) is 0 Å². The zero-order valence-corrected chi connectivity index (χ0v) is 9.62. The Bertz CT molecular complexity index is 247. The molecule has 0 aliphatic rings. The Morgan fingerprint density at radius 2 is 1.45 bits per heavy atom. The fraction of sp³-hybridized carbons (Fsp3) is 0. The maximum atomic E-state index is 3.23. The van der Waals surface area contributed by atoms with Crippen LogP contribution in [0.3, 0.4) is 0 Å². The highest BCUT2D eigenvalue weighted by Crippen LogP contribution is 2.19. The summed E-state index contributed by atoms with van der Waals surface area (Å²) in [5.41, 5.74) is 0. The Hall–Kier alpha value is 0.140. The van der Waals surface area contributed by atoms with E-state index in [-0.39, 0.29) is 0 Å². The first kappa shape index (κ1) is 9.23. The van der Waals surface area contributed by atoms with Crippen molar-refractivity contribution in [1.82, 2.24) is 0 Å². The summed E-state index contributed by atoms with van der Waals surface area (Å²) in [5.74, 6) is 0. The lowest BCUT2D eigenvalue weighted by Gasteiger charge is -1.79. The van der Waals surface area contributed by atoms with E-state index in [1.54, 1.807) is 11.3 Å². The first-order valence-electron chi connectivity index (χ1n) is 3.00. The van der Waals surface area contributed by atoms with Crippen LogP contribution in [-0.2, 0) is 0 Å². The minimum absolute atomic E-state index is 1.25. The minimum Gasteiger partial charge on any atom is -0.136 e.